The minimum Gasteiger partial charge on any atom is -0.479 e. The first kappa shape index (κ1) is 15.1. The van der Waals surface area contributed by atoms with Crippen LogP contribution in [0.25, 0.3) is 0 Å². The molecule has 2 aliphatic rings. The number of carboxylic acids is 1. The molecule has 2 rings (SSSR count). The van der Waals surface area contributed by atoms with Gasteiger partial charge in [0, 0.05) is 13.1 Å². The Balaban J connectivity index is 1.77. The predicted octanol–water partition coefficient (Wildman–Crippen LogP) is 1.31. The SMILES string of the molecule is CC1CCCCC1CNC(=O)N1CCOC(C(=O)O)C1. The number of morpholine rings is 1. The van der Waals surface area contributed by atoms with E-state index in [1.807, 2.05) is 0 Å². The summed E-state index contributed by atoms with van der Waals surface area (Å²) in [4.78, 5) is 24.5. The average molecular weight is 284 g/mol. The molecule has 20 heavy (non-hydrogen) atoms. The van der Waals surface area contributed by atoms with E-state index in [-0.39, 0.29) is 19.2 Å². The van der Waals surface area contributed by atoms with Crippen LogP contribution in [0.4, 0.5) is 4.79 Å². The maximum Gasteiger partial charge on any atom is 0.334 e. The van der Waals surface area contributed by atoms with Gasteiger partial charge < -0.3 is 20.1 Å². The molecule has 1 aliphatic carbocycles. The van der Waals surface area contributed by atoms with Crippen LogP contribution in [0, 0.1) is 11.8 Å². The lowest BCUT2D eigenvalue weighted by molar-refractivity contribution is -0.154. The maximum atomic E-state index is 12.1. The van der Waals surface area contributed by atoms with Crippen molar-refractivity contribution in [3.8, 4) is 0 Å². The molecular formula is C14H24N2O4. The molecule has 1 heterocycles. The normalized spacial score (nSPS) is 30.9. The molecule has 3 unspecified atom stereocenters. The maximum absolute atomic E-state index is 12.1. The third kappa shape index (κ3) is 3.85. The largest absolute Gasteiger partial charge is 0.479 e. The lowest BCUT2D eigenvalue weighted by atomic mass is 9.80. The molecule has 114 valence electrons. The van der Waals surface area contributed by atoms with Gasteiger partial charge >= 0.3 is 12.0 Å². The van der Waals surface area contributed by atoms with Gasteiger partial charge in [-0.3, -0.25) is 0 Å². The summed E-state index contributed by atoms with van der Waals surface area (Å²) in [5.74, 6) is 0.188. The Kier molecular flexibility index (Phi) is 5.23. The van der Waals surface area contributed by atoms with Gasteiger partial charge in [0.05, 0.1) is 13.2 Å². The smallest absolute Gasteiger partial charge is 0.334 e. The first-order valence-electron chi connectivity index (χ1n) is 7.45. The molecule has 0 aromatic rings. The van der Waals surface area contributed by atoms with Gasteiger partial charge in [-0.15, -0.1) is 0 Å². The summed E-state index contributed by atoms with van der Waals surface area (Å²) in [6.45, 7) is 3.79. The van der Waals surface area contributed by atoms with Crippen LogP contribution in [0.3, 0.4) is 0 Å². The highest BCUT2D eigenvalue weighted by atomic mass is 16.5. The monoisotopic (exact) mass is 284 g/mol. The van der Waals surface area contributed by atoms with E-state index in [1.165, 1.54) is 30.6 Å². The number of urea groups is 1. The number of carbonyl (C=O) groups is 2. The van der Waals surface area contributed by atoms with Crippen molar-refractivity contribution in [1.29, 1.82) is 0 Å². The topological polar surface area (TPSA) is 78.9 Å². The molecule has 0 aromatic heterocycles. The zero-order chi connectivity index (χ0) is 14.5. The Bertz CT molecular complexity index is 361. The molecule has 6 nitrogen and oxygen atoms in total. The second-order valence-electron chi connectivity index (χ2n) is 5.85. The summed E-state index contributed by atoms with van der Waals surface area (Å²) in [6.07, 6.45) is 4.03. The summed E-state index contributed by atoms with van der Waals surface area (Å²) < 4.78 is 5.11. The Labute approximate surface area is 119 Å². The standard InChI is InChI=1S/C14H24N2O4/c1-10-4-2-3-5-11(10)8-15-14(19)16-6-7-20-12(9-16)13(17)18/h10-12H,2-9H2,1H3,(H,15,19)(H,17,18). The Morgan fingerprint density at radius 3 is 2.80 bits per heavy atom. The average Bonchev–Trinajstić information content (AvgIpc) is 2.46. The quantitative estimate of drug-likeness (QED) is 0.819. The van der Waals surface area contributed by atoms with Crippen LogP contribution in [0.15, 0.2) is 0 Å². The van der Waals surface area contributed by atoms with Crippen LogP contribution in [0.2, 0.25) is 0 Å². The number of rotatable bonds is 3. The molecule has 3 atom stereocenters. The van der Waals surface area contributed by atoms with Gasteiger partial charge in [0.1, 0.15) is 0 Å². The van der Waals surface area contributed by atoms with Crippen LogP contribution >= 0.6 is 0 Å². The number of nitrogens with one attached hydrogen (secondary N) is 1. The fraction of sp³-hybridized carbons (Fsp3) is 0.857. The van der Waals surface area contributed by atoms with E-state index < -0.39 is 12.1 Å². The fourth-order valence-corrected chi connectivity index (χ4v) is 3.01. The molecular weight excluding hydrogens is 260 g/mol. The van der Waals surface area contributed by atoms with Gasteiger partial charge in [-0.25, -0.2) is 9.59 Å². The zero-order valence-corrected chi connectivity index (χ0v) is 12.0. The number of amides is 2. The highest BCUT2D eigenvalue weighted by Gasteiger charge is 2.29. The first-order valence-corrected chi connectivity index (χ1v) is 7.45. The Hall–Kier alpha value is -1.30. The minimum absolute atomic E-state index is 0.126. The molecule has 0 aromatic carbocycles. The van der Waals surface area contributed by atoms with E-state index in [1.54, 1.807) is 0 Å². The van der Waals surface area contributed by atoms with E-state index in [0.717, 1.165) is 0 Å². The lowest BCUT2D eigenvalue weighted by Gasteiger charge is -2.33. The van der Waals surface area contributed by atoms with Gasteiger partial charge in [-0.05, 0) is 18.3 Å². The molecule has 2 amide bonds. The zero-order valence-electron chi connectivity index (χ0n) is 12.0. The van der Waals surface area contributed by atoms with Gasteiger partial charge in [-0.1, -0.05) is 26.2 Å². The van der Waals surface area contributed by atoms with E-state index in [2.05, 4.69) is 12.2 Å². The molecule has 1 saturated carbocycles. The number of carbonyl (C=O) groups excluding carboxylic acids is 1. The summed E-state index contributed by atoms with van der Waals surface area (Å²) in [7, 11) is 0. The van der Waals surface area contributed by atoms with Gasteiger partial charge in [-0.2, -0.15) is 0 Å². The minimum atomic E-state index is -1.01. The van der Waals surface area contributed by atoms with Crippen molar-refractivity contribution in [1.82, 2.24) is 10.2 Å². The van der Waals surface area contributed by atoms with Crippen LogP contribution in [0.5, 0.6) is 0 Å². The summed E-state index contributed by atoms with van der Waals surface area (Å²) in [6, 6.07) is -0.169. The van der Waals surface area contributed by atoms with E-state index >= 15 is 0 Å². The van der Waals surface area contributed by atoms with E-state index in [4.69, 9.17) is 9.84 Å². The predicted molar refractivity (Wildman–Crippen MR) is 73.5 cm³/mol. The van der Waals surface area contributed by atoms with E-state index in [9.17, 15) is 9.59 Å². The van der Waals surface area contributed by atoms with Crippen LogP contribution in [-0.4, -0.2) is 54.4 Å². The highest BCUT2D eigenvalue weighted by molar-refractivity contribution is 5.77. The molecule has 6 heteroatoms. The summed E-state index contributed by atoms with van der Waals surface area (Å²) >= 11 is 0. The second-order valence-corrected chi connectivity index (χ2v) is 5.85. The number of hydrogen-bond acceptors (Lipinski definition) is 3. The number of aliphatic carboxylic acids is 1. The van der Waals surface area contributed by atoms with Crippen molar-refractivity contribution in [3.05, 3.63) is 0 Å². The molecule has 0 spiro atoms. The molecule has 0 radical (unpaired) electrons. The fourth-order valence-electron chi connectivity index (χ4n) is 3.01. The van der Waals surface area contributed by atoms with Crippen LogP contribution < -0.4 is 5.32 Å². The first-order chi connectivity index (χ1) is 9.58. The van der Waals surface area contributed by atoms with Crippen molar-refractivity contribution < 1.29 is 19.4 Å². The van der Waals surface area contributed by atoms with E-state index in [0.29, 0.717) is 24.9 Å². The van der Waals surface area contributed by atoms with Crippen molar-refractivity contribution >= 4 is 12.0 Å². The highest BCUT2D eigenvalue weighted by Crippen LogP contribution is 2.28. The van der Waals surface area contributed by atoms with Crippen molar-refractivity contribution in [2.45, 2.75) is 38.7 Å². The number of nitrogens with zero attached hydrogens (tertiary/aromatic N) is 1. The summed E-state index contributed by atoms with van der Waals surface area (Å²) in [5, 5.41) is 11.9. The molecule has 1 aliphatic heterocycles. The van der Waals surface area contributed by atoms with Crippen LogP contribution in [-0.2, 0) is 9.53 Å². The number of ether oxygens (including phenoxy) is 1. The van der Waals surface area contributed by atoms with Crippen molar-refractivity contribution in [2.24, 2.45) is 11.8 Å². The molecule has 2 fully saturated rings. The Morgan fingerprint density at radius 2 is 2.10 bits per heavy atom. The summed E-state index contributed by atoms with van der Waals surface area (Å²) in [5.41, 5.74) is 0. The third-order valence-corrected chi connectivity index (χ3v) is 4.43. The van der Waals surface area contributed by atoms with Gasteiger partial charge in [0.15, 0.2) is 6.10 Å². The number of hydrogen-bond donors (Lipinski definition) is 2. The van der Waals surface area contributed by atoms with Crippen LogP contribution in [0.1, 0.15) is 32.6 Å². The number of carboxylic acid groups (broad SMARTS) is 1. The van der Waals surface area contributed by atoms with Gasteiger partial charge in [0.2, 0.25) is 0 Å². The Morgan fingerprint density at radius 1 is 1.35 bits per heavy atom. The molecule has 2 N–H and O–H groups in total. The third-order valence-electron chi connectivity index (χ3n) is 4.43. The lowest BCUT2D eigenvalue weighted by Crippen LogP contribution is -2.52. The second kappa shape index (κ2) is 6.92. The van der Waals surface area contributed by atoms with Crippen molar-refractivity contribution in [2.75, 3.05) is 26.2 Å². The molecule has 1 saturated heterocycles. The van der Waals surface area contributed by atoms with Crippen molar-refractivity contribution in [3.63, 3.8) is 0 Å². The van der Waals surface area contributed by atoms with Gasteiger partial charge in [0.25, 0.3) is 0 Å². The molecule has 0 bridgehead atoms.